The van der Waals surface area contributed by atoms with Gasteiger partial charge in [-0.15, -0.1) is 24.8 Å². The maximum absolute atomic E-state index is 12.2. The standard InChI is InChI=1S/C16H17N3O.2ClH/c20-16(19-10-12-4-3-7-17-9-12)15-8-13-5-1-2-6-14(13)11-18-15;;/h1-7,9,15,18H,8,10-11H2,(H,19,20);2*1H. The minimum absolute atomic E-state index is 0. The molecule has 2 N–H and O–H groups in total. The highest BCUT2D eigenvalue weighted by Crippen LogP contribution is 2.16. The number of hydrogen-bond acceptors (Lipinski definition) is 3. The Kier molecular flexibility index (Phi) is 7.32. The van der Waals surface area contributed by atoms with Crippen molar-refractivity contribution in [2.75, 3.05) is 0 Å². The van der Waals surface area contributed by atoms with Crippen molar-refractivity contribution in [1.29, 1.82) is 0 Å². The van der Waals surface area contributed by atoms with Crippen LogP contribution in [0.4, 0.5) is 0 Å². The average Bonchev–Trinajstić information content (AvgIpc) is 2.53. The minimum atomic E-state index is -0.151. The van der Waals surface area contributed by atoms with Crippen LogP contribution in [0.5, 0.6) is 0 Å². The number of pyridine rings is 1. The molecule has 4 nitrogen and oxygen atoms in total. The summed E-state index contributed by atoms with van der Waals surface area (Å²) in [7, 11) is 0. The zero-order valence-corrected chi connectivity index (χ0v) is 13.6. The van der Waals surface area contributed by atoms with E-state index in [1.54, 1.807) is 12.4 Å². The molecule has 1 atom stereocenters. The number of benzene rings is 1. The fourth-order valence-electron chi connectivity index (χ4n) is 2.45. The number of carbonyl (C=O) groups excluding carboxylic acids is 1. The van der Waals surface area contributed by atoms with Gasteiger partial charge in [-0.3, -0.25) is 9.78 Å². The van der Waals surface area contributed by atoms with Crippen LogP contribution in [0.25, 0.3) is 0 Å². The van der Waals surface area contributed by atoms with Gasteiger partial charge in [0.05, 0.1) is 6.04 Å². The van der Waals surface area contributed by atoms with Crippen LogP contribution in [0.1, 0.15) is 16.7 Å². The Balaban J connectivity index is 0.00000121. The van der Waals surface area contributed by atoms with E-state index < -0.39 is 0 Å². The molecule has 3 rings (SSSR count). The average molecular weight is 340 g/mol. The quantitative estimate of drug-likeness (QED) is 0.901. The monoisotopic (exact) mass is 339 g/mol. The van der Waals surface area contributed by atoms with Crippen LogP contribution in [0, 0.1) is 0 Å². The van der Waals surface area contributed by atoms with E-state index in [4.69, 9.17) is 0 Å². The van der Waals surface area contributed by atoms with Crippen molar-refractivity contribution in [3.63, 3.8) is 0 Å². The Morgan fingerprint density at radius 3 is 2.68 bits per heavy atom. The Hall–Kier alpha value is -1.62. The summed E-state index contributed by atoms with van der Waals surface area (Å²) < 4.78 is 0. The van der Waals surface area contributed by atoms with Crippen molar-refractivity contribution in [2.45, 2.75) is 25.6 Å². The van der Waals surface area contributed by atoms with Crippen molar-refractivity contribution >= 4 is 30.7 Å². The predicted octanol–water partition coefficient (Wildman–Crippen LogP) is 2.26. The third-order valence-electron chi connectivity index (χ3n) is 3.59. The predicted molar refractivity (Wildman–Crippen MR) is 91.4 cm³/mol. The number of nitrogens with one attached hydrogen (secondary N) is 2. The number of fused-ring (bicyclic) bond motifs is 1. The van der Waals surface area contributed by atoms with Crippen LogP contribution in [0.2, 0.25) is 0 Å². The first-order chi connectivity index (χ1) is 9.83. The molecule has 2 heterocycles. The molecule has 0 bridgehead atoms. The summed E-state index contributed by atoms with van der Waals surface area (Å²) in [6.45, 7) is 1.27. The number of nitrogens with zero attached hydrogens (tertiary/aromatic N) is 1. The molecular weight excluding hydrogens is 321 g/mol. The molecule has 0 saturated carbocycles. The van der Waals surface area contributed by atoms with Gasteiger partial charge in [-0.05, 0) is 29.2 Å². The van der Waals surface area contributed by atoms with Gasteiger partial charge >= 0.3 is 0 Å². The Bertz CT molecular complexity index is 607. The number of aromatic nitrogens is 1. The Labute approximate surface area is 142 Å². The first kappa shape index (κ1) is 18.4. The van der Waals surface area contributed by atoms with Crippen molar-refractivity contribution in [3.05, 3.63) is 65.5 Å². The number of halogens is 2. The Morgan fingerprint density at radius 1 is 1.18 bits per heavy atom. The van der Waals surface area contributed by atoms with Gasteiger partial charge in [-0.25, -0.2) is 0 Å². The molecule has 0 aliphatic carbocycles. The molecule has 1 aliphatic rings. The zero-order chi connectivity index (χ0) is 13.8. The van der Waals surface area contributed by atoms with E-state index in [1.807, 2.05) is 24.3 Å². The molecule has 0 saturated heterocycles. The number of rotatable bonds is 3. The van der Waals surface area contributed by atoms with Crippen LogP contribution in [-0.4, -0.2) is 16.9 Å². The highest BCUT2D eigenvalue weighted by molar-refractivity contribution is 5.85. The van der Waals surface area contributed by atoms with Gasteiger partial charge in [-0.1, -0.05) is 30.3 Å². The third kappa shape index (κ3) is 4.44. The summed E-state index contributed by atoms with van der Waals surface area (Å²) in [5.41, 5.74) is 3.55. The summed E-state index contributed by atoms with van der Waals surface area (Å²) in [6.07, 6.45) is 4.24. The van der Waals surface area contributed by atoms with E-state index in [9.17, 15) is 4.79 Å². The topological polar surface area (TPSA) is 54.0 Å². The van der Waals surface area contributed by atoms with Crippen LogP contribution in [-0.2, 0) is 24.3 Å². The summed E-state index contributed by atoms with van der Waals surface area (Å²) in [6, 6.07) is 11.9. The largest absolute Gasteiger partial charge is 0.351 e. The van der Waals surface area contributed by atoms with E-state index in [1.165, 1.54) is 11.1 Å². The first-order valence-corrected chi connectivity index (χ1v) is 6.80. The van der Waals surface area contributed by atoms with E-state index >= 15 is 0 Å². The minimum Gasteiger partial charge on any atom is -0.351 e. The smallest absolute Gasteiger partial charge is 0.237 e. The number of carbonyl (C=O) groups is 1. The van der Waals surface area contributed by atoms with Gasteiger partial charge in [-0.2, -0.15) is 0 Å². The maximum Gasteiger partial charge on any atom is 0.237 e. The van der Waals surface area contributed by atoms with Gasteiger partial charge in [0.25, 0.3) is 0 Å². The maximum atomic E-state index is 12.2. The van der Waals surface area contributed by atoms with E-state index in [-0.39, 0.29) is 36.8 Å². The molecule has 0 spiro atoms. The molecule has 0 fully saturated rings. The third-order valence-corrected chi connectivity index (χ3v) is 3.59. The zero-order valence-electron chi connectivity index (χ0n) is 12.0. The molecule has 1 aromatic heterocycles. The first-order valence-electron chi connectivity index (χ1n) is 6.80. The van der Waals surface area contributed by atoms with Gasteiger partial charge < -0.3 is 10.6 Å². The molecular formula is C16H19Cl2N3O. The normalized spacial score (nSPS) is 15.7. The lowest BCUT2D eigenvalue weighted by molar-refractivity contribution is -0.123. The van der Waals surface area contributed by atoms with Gasteiger partial charge in [0.15, 0.2) is 0 Å². The van der Waals surface area contributed by atoms with Crippen molar-refractivity contribution < 1.29 is 4.79 Å². The lowest BCUT2D eigenvalue weighted by Gasteiger charge is -2.25. The summed E-state index contributed by atoms with van der Waals surface area (Å²) in [4.78, 5) is 16.2. The molecule has 1 amide bonds. The Morgan fingerprint density at radius 2 is 1.95 bits per heavy atom. The molecule has 22 heavy (non-hydrogen) atoms. The SMILES string of the molecule is Cl.Cl.O=C(NCc1cccnc1)C1Cc2ccccc2CN1. The molecule has 2 aromatic rings. The van der Waals surface area contributed by atoms with Crippen LogP contribution < -0.4 is 10.6 Å². The summed E-state index contributed by atoms with van der Waals surface area (Å²) in [5.74, 6) is 0.0448. The van der Waals surface area contributed by atoms with E-state index in [0.717, 1.165) is 18.5 Å². The second-order valence-corrected chi connectivity index (χ2v) is 4.99. The highest BCUT2D eigenvalue weighted by atomic mass is 35.5. The lowest BCUT2D eigenvalue weighted by Crippen LogP contribution is -2.47. The molecule has 1 unspecified atom stereocenters. The fourth-order valence-corrected chi connectivity index (χ4v) is 2.45. The van der Waals surface area contributed by atoms with Crippen LogP contribution in [0.3, 0.4) is 0 Å². The van der Waals surface area contributed by atoms with Gasteiger partial charge in [0.1, 0.15) is 0 Å². The molecule has 6 heteroatoms. The van der Waals surface area contributed by atoms with Crippen molar-refractivity contribution in [2.24, 2.45) is 0 Å². The molecule has 0 radical (unpaired) electrons. The molecule has 1 aromatic carbocycles. The van der Waals surface area contributed by atoms with E-state index in [0.29, 0.717) is 6.54 Å². The summed E-state index contributed by atoms with van der Waals surface area (Å²) >= 11 is 0. The van der Waals surface area contributed by atoms with Gasteiger partial charge in [0, 0.05) is 25.5 Å². The van der Waals surface area contributed by atoms with Crippen molar-refractivity contribution in [3.8, 4) is 0 Å². The number of hydrogen-bond donors (Lipinski definition) is 2. The number of amides is 1. The van der Waals surface area contributed by atoms with Crippen LogP contribution in [0.15, 0.2) is 48.8 Å². The fraction of sp³-hybridized carbons (Fsp3) is 0.250. The van der Waals surface area contributed by atoms with Crippen LogP contribution >= 0.6 is 24.8 Å². The lowest BCUT2D eigenvalue weighted by atomic mass is 9.95. The summed E-state index contributed by atoms with van der Waals surface area (Å²) in [5, 5.41) is 6.24. The van der Waals surface area contributed by atoms with Gasteiger partial charge in [0.2, 0.25) is 5.91 Å². The molecule has 1 aliphatic heterocycles. The second kappa shape index (κ2) is 8.73. The molecule has 118 valence electrons. The van der Waals surface area contributed by atoms with Crippen molar-refractivity contribution in [1.82, 2.24) is 15.6 Å². The second-order valence-electron chi connectivity index (χ2n) is 4.99. The van der Waals surface area contributed by atoms with E-state index in [2.05, 4.69) is 27.8 Å². The highest BCUT2D eigenvalue weighted by Gasteiger charge is 2.23.